The molecule has 428 valence electrons. The largest absolute Gasteiger partial charge is 0.505 e. The highest BCUT2D eigenvalue weighted by Gasteiger charge is 2.29. The Morgan fingerprint density at radius 2 is 0.744 bits per heavy atom. The Labute approximate surface area is 469 Å². The van der Waals surface area contributed by atoms with E-state index in [1.54, 1.807) is 0 Å². The van der Waals surface area contributed by atoms with E-state index in [0.717, 1.165) is 60.7 Å². The lowest BCUT2D eigenvalue weighted by Crippen LogP contribution is -2.06. The van der Waals surface area contributed by atoms with Gasteiger partial charge in [0.1, 0.15) is 42.3 Å². The van der Waals surface area contributed by atoms with E-state index in [1.165, 1.54) is 24.3 Å². The summed E-state index contributed by atoms with van der Waals surface area (Å²) < 4.78 is 208. The van der Waals surface area contributed by atoms with Gasteiger partial charge in [-0.05, 0) is 114 Å². The summed E-state index contributed by atoms with van der Waals surface area (Å²) in [4.78, 5) is 17.8. The van der Waals surface area contributed by atoms with Gasteiger partial charge in [-0.2, -0.15) is 80.4 Å². The number of benzene rings is 6. The number of hydrogen-bond acceptors (Lipinski definition) is 28. The summed E-state index contributed by atoms with van der Waals surface area (Å²) in [6, 6.07) is 15.9. The molecule has 0 aliphatic rings. The van der Waals surface area contributed by atoms with E-state index < -0.39 is 146 Å². The second-order valence-electron chi connectivity index (χ2n) is 16.0. The van der Waals surface area contributed by atoms with Crippen LogP contribution in [0.25, 0.3) is 10.8 Å². The van der Waals surface area contributed by atoms with Gasteiger partial charge < -0.3 is 32.1 Å². The van der Waals surface area contributed by atoms with Crippen molar-refractivity contribution in [1.82, 2.24) is 29.9 Å². The number of phenols is 1. The fraction of sp³-hybridized carbons (Fsp3) is 0. The number of halogens is 2. The number of nitrogen functional groups attached to an aromatic ring is 1. The minimum atomic E-state index is -5.54. The highest BCUT2D eigenvalue weighted by atomic mass is 35.5. The van der Waals surface area contributed by atoms with Crippen molar-refractivity contribution in [2.75, 3.05) is 27.0 Å². The van der Waals surface area contributed by atoms with Crippen LogP contribution in [0.1, 0.15) is 0 Å². The third-order valence-electron chi connectivity index (χ3n) is 10.4. The summed E-state index contributed by atoms with van der Waals surface area (Å²) in [5.41, 5.74) is 1.13. The summed E-state index contributed by atoms with van der Waals surface area (Å²) in [6.45, 7) is 0. The molecular weight excluding hydrogens is 1260 g/mol. The smallest absolute Gasteiger partial charge is 0.296 e. The predicted octanol–water partition coefficient (Wildman–Crippen LogP) is 7.09. The molecule has 82 heavy (non-hydrogen) atoms. The number of aromatic nitrogens is 6. The van der Waals surface area contributed by atoms with Crippen molar-refractivity contribution in [3.63, 3.8) is 0 Å². The van der Waals surface area contributed by atoms with Crippen LogP contribution in [-0.2, 0) is 60.7 Å². The van der Waals surface area contributed by atoms with Gasteiger partial charge in [-0.3, -0.25) is 27.3 Å². The van der Waals surface area contributed by atoms with Crippen LogP contribution in [0, 0.1) is 0 Å². The molecular formula is C40H29Cl2N15O19S6. The number of nitrogens with one attached hydrogen (secondary N) is 4. The lowest BCUT2D eigenvalue weighted by molar-refractivity contribution is 0.472. The Morgan fingerprint density at radius 3 is 1.10 bits per heavy atom. The minimum absolute atomic E-state index is 0.0515. The van der Waals surface area contributed by atoms with Crippen molar-refractivity contribution >= 4 is 170 Å². The number of anilines is 9. The quantitative estimate of drug-likeness (QED) is 0.0232. The lowest BCUT2D eigenvalue weighted by atomic mass is 10.1. The van der Waals surface area contributed by atoms with E-state index in [4.69, 9.17) is 28.9 Å². The van der Waals surface area contributed by atoms with E-state index in [9.17, 15) is 82.9 Å². The summed E-state index contributed by atoms with van der Waals surface area (Å²) in [7, 11) is -30.9. The molecule has 0 spiro atoms. The SMILES string of the molecule is Nc1c(N=Nc2ccc(Nc3nc(Cl)nc(Nc4cccc(S(=O)(=O)O)c4)n3)cc2S(=O)(=O)O)c(S(=O)(=O)O)cc2cc(S(=O)(=O)O)c(N=Nc3ccc(Nc4nc(Cl)nc(Nc5cccc(S(=O)(=O)O)c5)n4)cc3S(=O)(=O)O)c(O)c12. The van der Waals surface area contributed by atoms with Crippen LogP contribution in [0.15, 0.2) is 147 Å². The third-order valence-corrected chi connectivity index (χ3v) is 15.9. The van der Waals surface area contributed by atoms with Gasteiger partial charge in [-0.1, -0.05) is 12.1 Å². The molecule has 0 radical (unpaired) electrons. The molecule has 0 aliphatic carbocycles. The number of phenolic OH excluding ortho intramolecular Hbond substituents is 1. The number of nitrogens with zero attached hydrogens (tertiary/aromatic N) is 10. The zero-order valence-electron chi connectivity index (χ0n) is 39.5. The van der Waals surface area contributed by atoms with Crippen molar-refractivity contribution in [3.8, 4) is 5.75 Å². The van der Waals surface area contributed by atoms with Crippen LogP contribution < -0.4 is 27.0 Å². The molecule has 0 fully saturated rings. The van der Waals surface area contributed by atoms with Crippen molar-refractivity contribution in [2.24, 2.45) is 20.5 Å². The van der Waals surface area contributed by atoms with E-state index in [2.05, 4.69) is 71.6 Å². The van der Waals surface area contributed by atoms with Crippen LogP contribution in [0.5, 0.6) is 5.75 Å². The van der Waals surface area contributed by atoms with Crippen LogP contribution in [-0.4, -0.2) is 113 Å². The second kappa shape index (κ2) is 22.2. The van der Waals surface area contributed by atoms with Gasteiger partial charge in [0.05, 0.1) is 20.9 Å². The summed E-state index contributed by atoms with van der Waals surface area (Å²) in [5, 5.41) is 34.3. The van der Waals surface area contributed by atoms with Crippen LogP contribution in [0.4, 0.5) is 75.0 Å². The highest BCUT2D eigenvalue weighted by Crippen LogP contribution is 2.49. The maximum atomic E-state index is 12.8. The molecule has 0 saturated heterocycles. The Kier molecular flexibility index (Phi) is 16.2. The fourth-order valence-corrected chi connectivity index (χ4v) is 11.0. The first-order valence-electron chi connectivity index (χ1n) is 21.2. The first-order chi connectivity index (χ1) is 38.0. The van der Waals surface area contributed by atoms with Crippen LogP contribution in [0.3, 0.4) is 0 Å². The van der Waals surface area contributed by atoms with Gasteiger partial charge in [0.15, 0.2) is 5.75 Å². The predicted molar refractivity (Wildman–Crippen MR) is 286 cm³/mol. The van der Waals surface area contributed by atoms with Crippen LogP contribution >= 0.6 is 23.2 Å². The molecule has 42 heteroatoms. The minimum Gasteiger partial charge on any atom is -0.505 e. The third kappa shape index (κ3) is 14.0. The first-order valence-corrected chi connectivity index (χ1v) is 30.6. The molecule has 2 aromatic heterocycles. The summed E-state index contributed by atoms with van der Waals surface area (Å²) in [6.07, 6.45) is 0. The topological polar surface area (TPSA) is 547 Å². The van der Waals surface area contributed by atoms with Crippen LogP contribution in [0.2, 0.25) is 10.6 Å². The number of azo groups is 2. The molecule has 0 saturated carbocycles. The highest BCUT2D eigenvalue weighted by molar-refractivity contribution is 7.87. The Morgan fingerprint density at radius 1 is 0.402 bits per heavy atom. The molecule has 2 heterocycles. The molecule has 8 rings (SSSR count). The monoisotopic (exact) mass is 1280 g/mol. The van der Waals surface area contributed by atoms with Crippen molar-refractivity contribution in [3.05, 3.63) is 108 Å². The first kappa shape index (κ1) is 59.8. The maximum Gasteiger partial charge on any atom is 0.296 e. The fourth-order valence-electron chi connectivity index (χ4n) is 6.98. The lowest BCUT2D eigenvalue weighted by Gasteiger charge is -2.14. The van der Waals surface area contributed by atoms with E-state index in [-0.39, 0.29) is 46.5 Å². The zero-order chi connectivity index (χ0) is 60.1. The molecule has 0 amide bonds. The van der Waals surface area contributed by atoms with Gasteiger partial charge in [-0.25, -0.2) is 0 Å². The second-order valence-corrected chi connectivity index (χ2v) is 25.1. The molecule has 13 N–H and O–H groups in total. The van der Waals surface area contributed by atoms with Gasteiger partial charge in [0, 0.05) is 22.7 Å². The van der Waals surface area contributed by atoms with Crippen molar-refractivity contribution < 1.29 is 82.9 Å². The van der Waals surface area contributed by atoms with Crippen molar-refractivity contribution in [1.29, 1.82) is 0 Å². The Bertz CT molecular complexity index is 4490. The zero-order valence-corrected chi connectivity index (χ0v) is 45.9. The van der Waals surface area contributed by atoms with E-state index in [1.807, 2.05) is 0 Å². The normalized spacial score (nSPS) is 12.7. The number of fused-ring (bicyclic) bond motifs is 1. The average molecular weight is 1290 g/mol. The molecule has 0 atom stereocenters. The van der Waals surface area contributed by atoms with Gasteiger partial charge in [0.25, 0.3) is 60.7 Å². The van der Waals surface area contributed by atoms with Gasteiger partial charge in [0.2, 0.25) is 34.4 Å². The Hall–Kier alpha value is -8.36. The summed E-state index contributed by atoms with van der Waals surface area (Å²) >= 11 is 12.1. The molecule has 0 bridgehead atoms. The van der Waals surface area contributed by atoms with E-state index in [0.29, 0.717) is 12.1 Å². The molecule has 0 aliphatic heterocycles. The Balaban J connectivity index is 1.14. The van der Waals surface area contributed by atoms with Crippen molar-refractivity contribution in [2.45, 2.75) is 29.4 Å². The van der Waals surface area contributed by atoms with Gasteiger partial charge >= 0.3 is 0 Å². The van der Waals surface area contributed by atoms with Gasteiger partial charge in [-0.15, -0.1) is 20.5 Å². The number of aromatic hydroxyl groups is 1. The molecule has 0 unspecified atom stereocenters. The number of hydrogen-bond donors (Lipinski definition) is 12. The average Bonchev–Trinajstić information content (AvgIpc) is 1.53. The standard InChI is InChI=1S/C40H29Cl2N15O19S6/c41-35-48-37(44-18-3-1-5-22(13-18)77(59,60)61)52-39(50-35)46-20-7-9-24(26(15-20)79(65,66)67)54-56-32-28(81(71,72)73)11-17-12-29(82(74,75)76)33(34(58)30(17)31(32)43)57-55-25-10-8-21(16-27(25)80(68,69)70)47-40-51-36(42)49-38(53-40)45-19-4-2-6-23(14-19)78(62,63)64/h1-16,58H,43H2,(H,59,60,61)(H,62,63,64)(H,65,66,67)(H,68,69,70)(H,71,72,73)(H,74,75,76)(H2,44,46,48,50,52)(H2,45,47,49,51,53). The van der Waals surface area contributed by atoms with E-state index >= 15 is 0 Å². The molecule has 8 aromatic rings. The maximum absolute atomic E-state index is 12.8. The number of nitrogens with two attached hydrogens (primary N) is 1. The molecule has 34 nitrogen and oxygen atoms in total. The number of rotatable bonds is 18. The molecule has 6 aromatic carbocycles. The summed E-state index contributed by atoms with van der Waals surface area (Å²) in [5.74, 6) is -2.72.